The second kappa shape index (κ2) is 10.4. The number of amides is 1. The number of carbonyl (C=O) groups excluding carboxylic acids is 1. The first kappa shape index (κ1) is 22.1. The molecule has 3 aromatic rings. The molecular weight excluding hydrogens is 396 g/mol. The van der Waals surface area contributed by atoms with Gasteiger partial charge in [-0.25, -0.2) is 4.68 Å². The number of nitrogens with one attached hydrogen (secondary N) is 1. The van der Waals surface area contributed by atoms with Crippen molar-refractivity contribution in [3.63, 3.8) is 0 Å². The van der Waals surface area contributed by atoms with Gasteiger partial charge in [0.25, 0.3) is 5.91 Å². The van der Waals surface area contributed by atoms with E-state index in [1.807, 2.05) is 37.3 Å². The summed E-state index contributed by atoms with van der Waals surface area (Å²) in [5.41, 5.74) is 4.47. The van der Waals surface area contributed by atoms with Crippen LogP contribution in [0.1, 0.15) is 46.6 Å². The lowest BCUT2D eigenvalue weighted by Gasteiger charge is -2.18. The summed E-state index contributed by atoms with van der Waals surface area (Å²) < 4.78 is 1.67. The predicted octanol–water partition coefficient (Wildman–Crippen LogP) is 4.67. The maximum atomic E-state index is 12.8. The minimum Gasteiger partial charge on any atom is -0.348 e. The lowest BCUT2D eigenvalue weighted by atomic mass is 10.1. The van der Waals surface area contributed by atoms with Crippen molar-refractivity contribution in [2.45, 2.75) is 40.4 Å². The second-order valence-electron chi connectivity index (χ2n) is 7.36. The molecule has 0 fully saturated rings. The van der Waals surface area contributed by atoms with Crippen LogP contribution in [0.15, 0.2) is 54.6 Å². The first-order chi connectivity index (χ1) is 14.5. The van der Waals surface area contributed by atoms with Crippen LogP contribution in [0.25, 0.3) is 0 Å². The molecule has 2 aromatic carbocycles. The molecule has 1 aromatic heterocycles. The molecule has 158 valence electrons. The Labute approximate surface area is 183 Å². The number of hydrogen-bond acceptors (Lipinski definition) is 3. The molecule has 0 unspecified atom stereocenters. The topological polar surface area (TPSA) is 50.2 Å². The molecule has 0 bridgehead atoms. The normalized spacial score (nSPS) is 11.1. The van der Waals surface area contributed by atoms with Gasteiger partial charge in [-0.3, -0.25) is 9.69 Å². The minimum atomic E-state index is -0.205. The van der Waals surface area contributed by atoms with Crippen LogP contribution >= 0.6 is 11.6 Å². The molecule has 0 radical (unpaired) electrons. The van der Waals surface area contributed by atoms with Crippen LogP contribution in [0.5, 0.6) is 0 Å². The fraction of sp³-hybridized carbons (Fsp3) is 0.333. The van der Waals surface area contributed by atoms with E-state index >= 15 is 0 Å². The Hall–Kier alpha value is -2.63. The third-order valence-corrected chi connectivity index (χ3v) is 5.63. The van der Waals surface area contributed by atoms with E-state index in [-0.39, 0.29) is 5.91 Å². The van der Waals surface area contributed by atoms with E-state index in [0.29, 0.717) is 29.5 Å². The molecule has 1 amide bonds. The van der Waals surface area contributed by atoms with Crippen molar-refractivity contribution in [3.05, 3.63) is 87.7 Å². The van der Waals surface area contributed by atoms with E-state index in [1.54, 1.807) is 4.68 Å². The molecule has 0 saturated carbocycles. The monoisotopic (exact) mass is 424 g/mol. The lowest BCUT2D eigenvalue weighted by Crippen LogP contribution is -2.24. The average Bonchev–Trinajstić information content (AvgIpc) is 3.04. The van der Waals surface area contributed by atoms with Crippen LogP contribution in [-0.2, 0) is 19.6 Å². The van der Waals surface area contributed by atoms with Crippen molar-refractivity contribution in [1.82, 2.24) is 20.0 Å². The Bertz CT molecular complexity index is 963. The summed E-state index contributed by atoms with van der Waals surface area (Å²) in [6, 6.07) is 18.3. The zero-order valence-electron chi connectivity index (χ0n) is 17.9. The second-order valence-corrected chi connectivity index (χ2v) is 7.71. The number of aryl methyl sites for hydroxylation is 1. The number of nitrogens with zero attached hydrogens (tertiary/aromatic N) is 3. The zero-order valence-corrected chi connectivity index (χ0v) is 18.6. The number of halogens is 1. The summed E-state index contributed by atoms with van der Waals surface area (Å²) in [7, 11) is 0. The maximum Gasteiger partial charge on any atom is 0.256 e. The summed E-state index contributed by atoms with van der Waals surface area (Å²) in [6.07, 6.45) is 0. The smallest absolute Gasteiger partial charge is 0.256 e. The Morgan fingerprint density at radius 2 is 1.63 bits per heavy atom. The Balaban J connectivity index is 1.62. The molecule has 0 aliphatic carbocycles. The van der Waals surface area contributed by atoms with Gasteiger partial charge in [0.15, 0.2) is 0 Å². The van der Waals surface area contributed by atoms with Crippen molar-refractivity contribution in [1.29, 1.82) is 0 Å². The third-order valence-electron chi connectivity index (χ3n) is 5.24. The van der Waals surface area contributed by atoms with Gasteiger partial charge in [0.05, 0.1) is 17.8 Å². The van der Waals surface area contributed by atoms with Gasteiger partial charge in [-0.15, -0.1) is 0 Å². The van der Waals surface area contributed by atoms with Crippen molar-refractivity contribution < 1.29 is 4.79 Å². The number of aromatic nitrogens is 2. The third kappa shape index (κ3) is 5.49. The quantitative estimate of drug-likeness (QED) is 0.543. The molecule has 5 nitrogen and oxygen atoms in total. The molecular formula is C24H29ClN4O. The Morgan fingerprint density at radius 3 is 2.27 bits per heavy atom. The van der Waals surface area contributed by atoms with Gasteiger partial charge in [0.1, 0.15) is 5.15 Å². The van der Waals surface area contributed by atoms with Crippen LogP contribution in [0.2, 0.25) is 5.15 Å². The fourth-order valence-electron chi connectivity index (χ4n) is 3.41. The summed E-state index contributed by atoms with van der Waals surface area (Å²) in [5.74, 6) is -0.205. The highest BCUT2D eigenvalue weighted by atomic mass is 35.5. The highest BCUT2D eigenvalue weighted by Crippen LogP contribution is 2.21. The van der Waals surface area contributed by atoms with Crippen molar-refractivity contribution in [2.24, 2.45) is 0 Å². The van der Waals surface area contributed by atoms with Crippen molar-refractivity contribution in [2.75, 3.05) is 13.1 Å². The lowest BCUT2D eigenvalue weighted by molar-refractivity contribution is 0.0950. The summed E-state index contributed by atoms with van der Waals surface area (Å²) in [4.78, 5) is 15.1. The van der Waals surface area contributed by atoms with E-state index in [2.05, 4.69) is 53.4 Å². The predicted molar refractivity (Wildman–Crippen MR) is 122 cm³/mol. The van der Waals surface area contributed by atoms with Gasteiger partial charge in [-0.05, 0) is 36.7 Å². The van der Waals surface area contributed by atoms with E-state index < -0.39 is 0 Å². The van der Waals surface area contributed by atoms with Gasteiger partial charge in [-0.2, -0.15) is 5.10 Å². The highest BCUT2D eigenvalue weighted by molar-refractivity contribution is 6.33. The van der Waals surface area contributed by atoms with Crippen molar-refractivity contribution >= 4 is 17.5 Å². The maximum absolute atomic E-state index is 12.8. The number of benzene rings is 2. The molecule has 1 N–H and O–H groups in total. The van der Waals surface area contributed by atoms with Crippen LogP contribution in [0.3, 0.4) is 0 Å². The van der Waals surface area contributed by atoms with Crippen LogP contribution < -0.4 is 5.32 Å². The van der Waals surface area contributed by atoms with Gasteiger partial charge >= 0.3 is 0 Å². The van der Waals surface area contributed by atoms with Gasteiger partial charge in [0, 0.05) is 13.1 Å². The highest BCUT2D eigenvalue weighted by Gasteiger charge is 2.20. The largest absolute Gasteiger partial charge is 0.348 e. The molecule has 0 aliphatic heterocycles. The van der Waals surface area contributed by atoms with Crippen LogP contribution in [0.4, 0.5) is 0 Å². The Morgan fingerprint density at radius 1 is 1.00 bits per heavy atom. The molecule has 1 heterocycles. The summed E-state index contributed by atoms with van der Waals surface area (Å²) in [5, 5.41) is 7.79. The zero-order chi connectivity index (χ0) is 21.5. The summed E-state index contributed by atoms with van der Waals surface area (Å²) in [6.45, 7) is 10.1. The molecule has 0 atom stereocenters. The van der Waals surface area contributed by atoms with Crippen molar-refractivity contribution in [3.8, 4) is 0 Å². The molecule has 3 rings (SSSR count). The minimum absolute atomic E-state index is 0.205. The SMILES string of the molecule is CCN(CC)Cc1ccc(CNC(=O)c2c(C)nn(Cc3ccccc3)c2Cl)cc1. The van der Waals surface area contributed by atoms with E-state index in [9.17, 15) is 4.79 Å². The van der Waals surface area contributed by atoms with Crippen LogP contribution in [-0.4, -0.2) is 33.7 Å². The van der Waals surface area contributed by atoms with E-state index in [4.69, 9.17) is 11.6 Å². The standard InChI is InChI=1S/C24H29ClN4O/c1-4-28(5-2)16-21-13-11-19(12-14-21)15-26-24(30)22-18(3)27-29(23(22)25)17-20-9-7-6-8-10-20/h6-14H,4-5,15-17H2,1-3H3,(H,26,30). The first-order valence-corrected chi connectivity index (χ1v) is 10.7. The van der Waals surface area contributed by atoms with E-state index in [0.717, 1.165) is 30.8 Å². The number of hydrogen-bond donors (Lipinski definition) is 1. The molecule has 0 spiro atoms. The molecule has 6 heteroatoms. The number of carbonyl (C=O) groups is 1. The Kier molecular flexibility index (Phi) is 7.66. The van der Waals surface area contributed by atoms with E-state index in [1.165, 1.54) is 5.56 Å². The van der Waals surface area contributed by atoms with Gasteiger partial charge in [0.2, 0.25) is 0 Å². The fourth-order valence-corrected chi connectivity index (χ4v) is 3.73. The summed E-state index contributed by atoms with van der Waals surface area (Å²) >= 11 is 6.49. The number of rotatable bonds is 9. The van der Waals surface area contributed by atoms with Gasteiger partial charge in [-0.1, -0.05) is 80.0 Å². The van der Waals surface area contributed by atoms with Crippen LogP contribution in [0, 0.1) is 6.92 Å². The molecule has 0 saturated heterocycles. The molecule has 0 aliphatic rings. The first-order valence-electron chi connectivity index (χ1n) is 10.4. The average molecular weight is 425 g/mol. The van der Waals surface area contributed by atoms with Gasteiger partial charge < -0.3 is 5.32 Å². The molecule has 30 heavy (non-hydrogen) atoms.